The van der Waals surface area contributed by atoms with Gasteiger partial charge >= 0.3 is 5.97 Å². The van der Waals surface area contributed by atoms with E-state index in [1.54, 1.807) is 10.6 Å². The lowest BCUT2D eigenvalue weighted by Crippen LogP contribution is -2.55. The highest BCUT2D eigenvalue weighted by atomic mass is 16.6. The van der Waals surface area contributed by atoms with Crippen molar-refractivity contribution < 1.29 is 19.0 Å². The van der Waals surface area contributed by atoms with Gasteiger partial charge in [-0.05, 0) is 36.6 Å². The van der Waals surface area contributed by atoms with E-state index < -0.39 is 17.6 Å². The van der Waals surface area contributed by atoms with Gasteiger partial charge in [0.15, 0.2) is 6.10 Å². The van der Waals surface area contributed by atoms with Gasteiger partial charge in [-0.25, -0.2) is 9.78 Å². The summed E-state index contributed by atoms with van der Waals surface area (Å²) in [6, 6.07) is 28.2. The van der Waals surface area contributed by atoms with E-state index >= 15 is 0 Å². The SMILES string of the molecule is CCOC(C(=O)OC)C(N)(Cc1ccccc1)c1ccc(OCCn2c(CC)nc(-c3ccccc3)cc2=O)cc1. The predicted molar refractivity (Wildman–Crippen MR) is 159 cm³/mol. The molecule has 0 aliphatic rings. The van der Waals surface area contributed by atoms with Crippen LogP contribution in [0.5, 0.6) is 5.75 Å². The largest absolute Gasteiger partial charge is 0.492 e. The van der Waals surface area contributed by atoms with Crippen LogP contribution in [0.3, 0.4) is 0 Å². The van der Waals surface area contributed by atoms with Crippen molar-refractivity contribution in [2.75, 3.05) is 20.3 Å². The average Bonchev–Trinajstić information content (AvgIpc) is 3.01. The van der Waals surface area contributed by atoms with E-state index in [2.05, 4.69) is 0 Å². The van der Waals surface area contributed by atoms with E-state index in [-0.39, 0.29) is 12.2 Å². The molecule has 0 amide bonds. The maximum Gasteiger partial charge on any atom is 0.337 e. The Bertz CT molecular complexity index is 1470. The van der Waals surface area contributed by atoms with Crippen LogP contribution >= 0.6 is 0 Å². The van der Waals surface area contributed by atoms with Crippen LogP contribution in [0.4, 0.5) is 0 Å². The maximum atomic E-state index is 12.9. The topological polar surface area (TPSA) is 106 Å². The number of aryl methyl sites for hydroxylation is 1. The second kappa shape index (κ2) is 13.9. The number of carbonyl (C=O) groups excluding carboxylic acids is 1. The standard InChI is InChI=1S/C33H37N3O5/c1-4-29-35-28(25-14-10-7-11-15-25)22-30(37)36(29)20-21-41-27-18-16-26(17-19-27)33(34,23-24-12-8-6-9-13-24)31(40-5-2)32(38)39-3/h6-19,22,31H,4-5,20-21,23,34H2,1-3H3. The molecule has 8 nitrogen and oxygen atoms in total. The molecule has 8 heteroatoms. The van der Waals surface area contributed by atoms with Gasteiger partial charge in [-0.15, -0.1) is 0 Å². The lowest BCUT2D eigenvalue weighted by Gasteiger charge is -2.36. The van der Waals surface area contributed by atoms with Crippen LogP contribution in [-0.4, -0.2) is 41.9 Å². The summed E-state index contributed by atoms with van der Waals surface area (Å²) in [5, 5.41) is 0. The van der Waals surface area contributed by atoms with E-state index in [4.69, 9.17) is 24.9 Å². The number of hydrogen-bond acceptors (Lipinski definition) is 7. The zero-order chi connectivity index (χ0) is 29.2. The van der Waals surface area contributed by atoms with Gasteiger partial charge in [-0.1, -0.05) is 79.7 Å². The van der Waals surface area contributed by atoms with Gasteiger partial charge in [0.05, 0.1) is 24.9 Å². The molecule has 0 radical (unpaired) electrons. The van der Waals surface area contributed by atoms with Crippen molar-refractivity contribution in [1.29, 1.82) is 0 Å². The minimum Gasteiger partial charge on any atom is -0.492 e. The normalized spacial score (nSPS) is 13.3. The number of rotatable bonds is 13. The van der Waals surface area contributed by atoms with Crippen LogP contribution in [0.15, 0.2) is 95.8 Å². The van der Waals surface area contributed by atoms with Crippen LogP contribution in [0.25, 0.3) is 11.3 Å². The van der Waals surface area contributed by atoms with E-state index in [1.807, 2.05) is 98.8 Å². The summed E-state index contributed by atoms with van der Waals surface area (Å²) < 4.78 is 18.5. The number of esters is 1. The molecule has 1 aromatic heterocycles. The van der Waals surface area contributed by atoms with Crippen LogP contribution in [-0.2, 0) is 39.2 Å². The van der Waals surface area contributed by atoms with Crippen molar-refractivity contribution in [1.82, 2.24) is 9.55 Å². The summed E-state index contributed by atoms with van der Waals surface area (Å²) in [5.41, 5.74) is 8.93. The molecule has 2 unspecified atom stereocenters. The van der Waals surface area contributed by atoms with Crippen LogP contribution in [0.2, 0.25) is 0 Å². The van der Waals surface area contributed by atoms with Gasteiger partial charge in [0, 0.05) is 24.7 Å². The third-order valence-electron chi connectivity index (χ3n) is 7.00. The quantitative estimate of drug-likeness (QED) is 0.242. The van der Waals surface area contributed by atoms with E-state index in [0.717, 1.165) is 11.1 Å². The first-order valence-electron chi connectivity index (χ1n) is 13.8. The van der Waals surface area contributed by atoms with Crippen molar-refractivity contribution in [2.24, 2.45) is 5.73 Å². The number of hydrogen-bond donors (Lipinski definition) is 1. The summed E-state index contributed by atoms with van der Waals surface area (Å²) in [5.74, 6) is 0.783. The Morgan fingerprint density at radius 3 is 2.24 bits per heavy atom. The lowest BCUT2D eigenvalue weighted by atomic mass is 9.79. The molecular formula is C33H37N3O5. The van der Waals surface area contributed by atoms with Crippen molar-refractivity contribution >= 4 is 5.97 Å². The van der Waals surface area contributed by atoms with Gasteiger partial charge < -0.3 is 19.9 Å². The summed E-state index contributed by atoms with van der Waals surface area (Å²) in [6.07, 6.45) is -0.0240. The van der Waals surface area contributed by atoms with Crippen molar-refractivity contribution in [3.63, 3.8) is 0 Å². The number of ether oxygens (including phenoxy) is 3. The third kappa shape index (κ3) is 7.09. The van der Waals surface area contributed by atoms with Crippen molar-refractivity contribution in [3.8, 4) is 17.0 Å². The molecule has 2 N–H and O–H groups in total. The Morgan fingerprint density at radius 2 is 1.63 bits per heavy atom. The molecule has 4 aromatic rings. The molecule has 0 saturated heterocycles. The Labute approximate surface area is 240 Å². The fourth-order valence-corrected chi connectivity index (χ4v) is 4.92. The molecule has 0 aliphatic heterocycles. The molecule has 0 aliphatic carbocycles. The van der Waals surface area contributed by atoms with Crippen molar-refractivity contribution in [3.05, 3.63) is 118 Å². The number of nitrogens with zero attached hydrogens (tertiary/aromatic N) is 2. The fraction of sp³-hybridized carbons (Fsp3) is 0.303. The Balaban J connectivity index is 1.51. The molecular weight excluding hydrogens is 518 g/mol. The van der Waals surface area contributed by atoms with Crippen LogP contribution in [0.1, 0.15) is 30.8 Å². The summed E-state index contributed by atoms with van der Waals surface area (Å²) in [7, 11) is 1.33. The van der Waals surface area contributed by atoms with Gasteiger partial charge in [0.25, 0.3) is 5.56 Å². The Morgan fingerprint density at radius 1 is 0.976 bits per heavy atom. The first kappa shape index (κ1) is 29.7. The first-order valence-corrected chi connectivity index (χ1v) is 13.8. The highest BCUT2D eigenvalue weighted by molar-refractivity contribution is 5.77. The number of benzene rings is 3. The monoisotopic (exact) mass is 555 g/mol. The molecule has 4 rings (SSSR count). The van der Waals surface area contributed by atoms with Gasteiger partial charge in [0.2, 0.25) is 0 Å². The molecule has 3 aromatic carbocycles. The average molecular weight is 556 g/mol. The lowest BCUT2D eigenvalue weighted by molar-refractivity contribution is -0.159. The molecule has 0 spiro atoms. The Hall–Kier alpha value is -4.27. The van der Waals surface area contributed by atoms with Crippen LogP contribution in [0, 0.1) is 0 Å². The minimum absolute atomic E-state index is 0.117. The fourth-order valence-electron chi connectivity index (χ4n) is 4.92. The van der Waals surface area contributed by atoms with E-state index in [9.17, 15) is 9.59 Å². The second-order valence-electron chi connectivity index (χ2n) is 9.70. The summed E-state index contributed by atoms with van der Waals surface area (Å²) >= 11 is 0. The smallest absolute Gasteiger partial charge is 0.337 e. The minimum atomic E-state index is -1.18. The highest BCUT2D eigenvalue weighted by Gasteiger charge is 2.43. The van der Waals surface area contributed by atoms with Gasteiger partial charge in [0.1, 0.15) is 18.2 Å². The number of carbonyl (C=O) groups is 1. The maximum absolute atomic E-state index is 12.9. The van der Waals surface area contributed by atoms with Crippen molar-refractivity contribution in [2.45, 2.75) is 44.9 Å². The summed E-state index contributed by atoms with van der Waals surface area (Å²) in [4.78, 5) is 30.4. The second-order valence-corrected chi connectivity index (χ2v) is 9.70. The summed E-state index contributed by atoms with van der Waals surface area (Å²) in [6.45, 7) is 4.73. The zero-order valence-corrected chi connectivity index (χ0v) is 23.8. The first-order chi connectivity index (χ1) is 19.9. The number of nitrogens with two attached hydrogens (primary N) is 1. The molecule has 0 bridgehead atoms. The van der Waals surface area contributed by atoms with E-state index in [1.165, 1.54) is 7.11 Å². The number of aromatic nitrogens is 2. The molecule has 2 atom stereocenters. The zero-order valence-electron chi connectivity index (χ0n) is 23.8. The molecule has 0 fully saturated rings. The molecule has 0 saturated carbocycles. The van der Waals surface area contributed by atoms with E-state index in [0.29, 0.717) is 48.8 Å². The predicted octanol–water partition coefficient (Wildman–Crippen LogP) is 4.53. The molecule has 1 heterocycles. The number of methoxy groups -OCH3 is 1. The Kier molecular flexibility index (Phi) is 10.1. The molecule has 214 valence electrons. The van der Waals surface area contributed by atoms with Crippen LogP contribution < -0.4 is 16.0 Å². The molecule has 41 heavy (non-hydrogen) atoms. The highest BCUT2D eigenvalue weighted by Crippen LogP contribution is 2.31. The van der Waals surface area contributed by atoms with Gasteiger partial charge in [-0.3, -0.25) is 9.36 Å². The third-order valence-corrected chi connectivity index (χ3v) is 7.00. The van der Waals surface area contributed by atoms with Gasteiger partial charge in [-0.2, -0.15) is 0 Å².